The lowest BCUT2D eigenvalue weighted by atomic mass is 9.72. The maximum atomic E-state index is 12.9. The first-order chi connectivity index (χ1) is 12.7. The number of hydrogen-bond acceptors (Lipinski definition) is 5. The third-order valence-corrected chi connectivity index (χ3v) is 6.26. The Morgan fingerprint density at radius 1 is 1.23 bits per heavy atom. The number of pyridine rings is 1. The van der Waals surface area contributed by atoms with Crippen molar-refractivity contribution in [2.24, 2.45) is 5.41 Å². The smallest absolute Gasteiger partial charge is 0.322 e. The van der Waals surface area contributed by atoms with Gasteiger partial charge in [-0.2, -0.15) is 0 Å². The minimum absolute atomic E-state index is 0.0132. The Kier molecular flexibility index (Phi) is 4.75. The first-order valence-corrected chi connectivity index (χ1v) is 9.43. The molecule has 0 unspecified atom stereocenters. The average Bonchev–Trinajstić information content (AvgIpc) is 3.41. The molecule has 2 spiro atoms. The minimum Gasteiger partial charge on any atom is -0.475 e. The summed E-state index contributed by atoms with van der Waals surface area (Å²) in [4.78, 5) is 19.2. The van der Waals surface area contributed by atoms with Crippen molar-refractivity contribution in [2.45, 2.75) is 37.6 Å². The Balaban J connectivity index is 1.38. The summed E-state index contributed by atoms with van der Waals surface area (Å²) in [5.74, 6) is 0.529. The molecule has 0 radical (unpaired) electrons. The van der Waals surface area contributed by atoms with Gasteiger partial charge in [0.15, 0.2) is 0 Å². The van der Waals surface area contributed by atoms with Gasteiger partial charge < -0.3 is 24.4 Å². The van der Waals surface area contributed by atoms with Gasteiger partial charge in [-0.05, 0) is 43.6 Å². The lowest BCUT2D eigenvalue weighted by molar-refractivity contribution is -0.00776. The lowest BCUT2D eigenvalue weighted by Crippen LogP contribution is -2.48. The van der Waals surface area contributed by atoms with Crippen LogP contribution < -0.4 is 10.1 Å². The topological polar surface area (TPSA) is 72.9 Å². The number of ether oxygens (including phenoxy) is 3. The van der Waals surface area contributed by atoms with Gasteiger partial charge in [0.25, 0.3) is 0 Å². The summed E-state index contributed by atoms with van der Waals surface area (Å²) in [6, 6.07) is 3.58. The molecule has 1 aromatic rings. The Morgan fingerprint density at radius 3 is 2.69 bits per heavy atom. The fourth-order valence-corrected chi connectivity index (χ4v) is 4.71. The van der Waals surface area contributed by atoms with E-state index in [1.54, 1.807) is 19.4 Å². The van der Waals surface area contributed by atoms with Crippen LogP contribution in [0.4, 0.5) is 10.5 Å². The number of urea groups is 1. The lowest BCUT2D eigenvalue weighted by Gasteiger charge is -2.41. The molecule has 1 saturated carbocycles. The summed E-state index contributed by atoms with van der Waals surface area (Å²) < 4.78 is 16.0. The third-order valence-electron chi connectivity index (χ3n) is 6.26. The normalized spacial score (nSPS) is 22.6. The molecule has 142 valence electrons. The Bertz CT molecular complexity index is 639. The van der Waals surface area contributed by atoms with E-state index in [1.807, 2.05) is 6.07 Å². The quantitative estimate of drug-likeness (QED) is 0.817. The van der Waals surface area contributed by atoms with Gasteiger partial charge in [-0.25, -0.2) is 9.78 Å². The van der Waals surface area contributed by atoms with Crippen LogP contribution in [-0.2, 0) is 9.47 Å². The predicted molar refractivity (Wildman–Crippen MR) is 96.4 cm³/mol. The number of nitrogens with one attached hydrogen (secondary N) is 1. The van der Waals surface area contributed by atoms with Crippen LogP contribution in [0.25, 0.3) is 0 Å². The monoisotopic (exact) mass is 361 g/mol. The second kappa shape index (κ2) is 7.04. The minimum atomic E-state index is -0.0132. The highest BCUT2D eigenvalue weighted by atomic mass is 16.5. The van der Waals surface area contributed by atoms with Gasteiger partial charge in [0.1, 0.15) is 6.61 Å². The number of carbonyl (C=O) groups excluding carboxylic acids is 1. The van der Waals surface area contributed by atoms with E-state index in [-0.39, 0.29) is 17.0 Å². The Labute approximate surface area is 154 Å². The van der Waals surface area contributed by atoms with Crippen LogP contribution >= 0.6 is 0 Å². The SMILES string of the molecule is COCCOc1ccc(NC(=O)N2CCC3(CCOCC3)C23CC3)cn1. The van der Waals surface area contributed by atoms with Crippen molar-refractivity contribution >= 4 is 11.7 Å². The number of methoxy groups -OCH3 is 1. The largest absolute Gasteiger partial charge is 0.475 e. The molecule has 7 heteroatoms. The van der Waals surface area contributed by atoms with Gasteiger partial charge in [-0.1, -0.05) is 0 Å². The molecule has 2 aliphatic heterocycles. The molecule has 3 aliphatic rings. The number of nitrogens with zero attached hydrogens (tertiary/aromatic N) is 2. The van der Waals surface area contributed by atoms with E-state index in [9.17, 15) is 4.79 Å². The maximum Gasteiger partial charge on any atom is 0.322 e. The summed E-state index contributed by atoms with van der Waals surface area (Å²) in [7, 11) is 1.63. The number of anilines is 1. The number of carbonyl (C=O) groups is 1. The van der Waals surface area contributed by atoms with E-state index in [2.05, 4.69) is 15.2 Å². The molecular formula is C19H27N3O4. The van der Waals surface area contributed by atoms with Crippen LogP contribution in [0.5, 0.6) is 5.88 Å². The van der Waals surface area contributed by atoms with Gasteiger partial charge in [0, 0.05) is 32.9 Å². The fourth-order valence-electron chi connectivity index (χ4n) is 4.71. The van der Waals surface area contributed by atoms with E-state index >= 15 is 0 Å². The number of hydrogen-bond donors (Lipinski definition) is 1. The standard InChI is InChI=1S/C19H27N3O4/c1-24-12-13-26-16-3-2-15(14-20-16)21-17(23)22-9-6-18(19(22)4-5-19)7-10-25-11-8-18/h2-3,14H,4-13H2,1H3,(H,21,23). The van der Waals surface area contributed by atoms with Crippen LogP contribution in [0, 0.1) is 5.41 Å². The predicted octanol–water partition coefficient (Wildman–Crippen LogP) is 2.67. The van der Waals surface area contributed by atoms with Crippen molar-refractivity contribution in [3.63, 3.8) is 0 Å². The zero-order valence-electron chi connectivity index (χ0n) is 15.3. The fraction of sp³-hybridized carbons (Fsp3) is 0.684. The second-order valence-corrected chi connectivity index (χ2v) is 7.48. The van der Waals surface area contributed by atoms with Crippen LogP contribution in [0.3, 0.4) is 0 Å². The summed E-state index contributed by atoms with van der Waals surface area (Å²) in [5.41, 5.74) is 1.01. The number of rotatable bonds is 5. The molecule has 3 heterocycles. The molecule has 7 nitrogen and oxygen atoms in total. The average molecular weight is 361 g/mol. The van der Waals surface area contributed by atoms with Crippen molar-refractivity contribution < 1.29 is 19.0 Å². The summed E-state index contributed by atoms with van der Waals surface area (Å²) >= 11 is 0. The van der Waals surface area contributed by atoms with E-state index in [0.717, 1.165) is 51.9 Å². The van der Waals surface area contributed by atoms with Gasteiger partial charge in [0.2, 0.25) is 5.88 Å². The van der Waals surface area contributed by atoms with Crippen LogP contribution in [0.2, 0.25) is 0 Å². The van der Waals surface area contributed by atoms with E-state index in [4.69, 9.17) is 14.2 Å². The summed E-state index contributed by atoms with van der Waals surface area (Å²) in [5, 5.41) is 3.01. The van der Waals surface area contributed by atoms with Gasteiger partial charge in [-0.3, -0.25) is 0 Å². The highest BCUT2D eigenvalue weighted by Crippen LogP contribution is 2.64. The van der Waals surface area contributed by atoms with Crippen molar-refractivity contribution in [2.75, 3.05) is 45.4 Å². The molecule has 1 N–H and O–H groups in total. The molecule has 0 aromatic carbocycles. The molecule has 4 rings (SSSR count). The van der Waals surface area contributed by atoms with Crippen molar-refractivity contribution in [3.8, 4) is 5.88 Å². The molecule has 2 amide bonds. The molecule has 1 aromatic heterocycles. The van der Waals surface area contributed by atoms with Crippen molar-refractivity contribution in [1.29, 1.82) is 0 Å². The second-order valence-electron chi connectivity index (χ2n) is 7.48. The van der Waals surface area contributed by atoms with Gasteiger partial charge in [-0.15, -0.1) is 0 Å². The highest BCUT2D eigenvalue weighted by molar-refractivity contribution is 5.90. The summed E-state index contributed by atoms with van der Waals surface area (Å²) in [6.07, 6.45) is 7.11. The van der Waals surface area contributed by atoms with Crippen LogP contribution in [0.1, 0.15) is 32.1 Å². The highest BCUT2D eigenvalue weighted by Gasteiger charge is 2.67. The number of fused-ring (bicyclic) bond motifs is 1. The third kappa shape index (κ3) is 3.03. The van der Waals surface area contributed by atoms with Crippen molar-refractivity contribution in [3.05, 3.63) is 18.3 Å². The van der Waals surface area contributed by atoms with Crippen LogP contribution in [-0.4, -0.2) is 61.5 Å². The van der Waals surface area contributed by atoms with Gasteiger partial charge >= 0.3 is 6.03 Å². The molecule has 26 heavy (non-hydrogen) atoms. The zero-order chi connectivity index (χ0) is 18.0. The molecule has 0 atom stereocenters. The summed E-state index contributed by atoms with van der Waals surface area (Å²) in [6.45, 7) is 3.45. The molecule has 0 bridgehead atoms. The first-order valence-electron chi connectivity index (χ1n) is 9.43. The maximum absolute atomic E-state index is 12.9. The number of amides is 2. The molecule has 1 aliphatic carbocycles. The number of likely N-dealkylation sites (tertiary alicyclic amines) is 1. The molecular weight excluding hydrogens is 334 g/mol. The van der Waals surface area contributed by atoms with Crippen LogP contribution in [0.15, 0.2) is 18.3 Å². The zero-order valence-corrected chi connectivity index (χ0v) is 15.3. The Hall–Kier alpha value is -1.86. The van der Waals surface area contributed by atoms with E-state index < -0.39 is 0 Å². The van der Waals surface area contributed by atoms with E-state index in [0.29, 0.717) is 24.8 Å². The van der Waals surface area contributed by atoms with E-state index in [1.165, 1.54) is 0 Å². The Morgan fingerprint density at radius 2 is 2.04 bits per heavy atom. The van der Waals surface area contributed by atoms with Crippen molar-refractivity contribution in [1.82, 2.24) is 9.88 Å². The molecule has 2 saturated heterocycles. The number of aromatic nitrogens is 1. The molecule has 3 fully saturated rings. The first kappa shape index (κ1) is 17.5. The van der Waals surface area contributed by atoms with Gasteiger partial charge in [0.05, 0.1) is 24.0 Å².